The van der Waals surface area contributed by atoms with Gasteiger partial charge in [-0.1, -0.05) is 29.8 Å². The summed E-state index contributed by atoms with van der Waals surface area (Å²) >= 11 is 6.13. The molecule has 1 nitrogen and oxygen atoms in total. The van der Waals surface area contributed by atoms with Crippen LogP contribution in [0.25, 0.3) is 0 Å². The molecule has 0 saturated carbocycles. The van der Waals surface area contributed by atoms with Gasteiger partial charge in [0.2, 0.25) is 0 Å². The number of hydrogen-bond acceptors (Lipinski definition) is 1. The van der Waals surface area contributed by atoms with E-state index in [2.05, 4.69) is 5.32 Å². The van der Waals surface area contributed by atoms with E-state index in [1.54, 1.807) is 0 Å². The average Bonchev–Trinajstić information content (AvgIpc) is 2.17. The maximum absolute atomic E-state index is 13.4. The van der Waals surface area contributed by atoms with Crippen LogP contribution in [0.1, 0.15) is 25.3 Å². The maximum Gasteiger partial charge on any atom is 0.103 e. The molecule has 15 heavy (non-hydrogen) atoms. The summed E-state index contributed by atoms with van der Waals surface area (Å²) in [4.78, 5) is 0. The van der Waals surface area contributed by atoms with Crippen LogP contribution < -0.4 is 5.32 Å². The first kappa shape index (κ1) is 10.9. The normalized spacial score (nSPS) is 31.5. The number of nitrogens with one attached hydrogen (secondary N) is 1. The van der Waals surface area contributed by atoms with Crippen molar-refractivity contribution < 1.29 is 4.39 Å². The van der Waals surface area contributed by atoms with Gasteiger partial charge in [0.25, 0.3) is 0 Å². The molecule has 1 aromatic carbocycles. The highest BCUT2D eigenvalue weighted by atomic mass is 35.5. The second kappa shape index (κ2) is 4.11. The summed E-state index contributed by atoms with van der Waals surface area (Å²) in [5.74, 6) is 0. The Balaban J connectivity index is 2.32. The summed E-state index contributed by atoms with van der Waals surface area (Å²) in [5, 5.41) is 4.07. The fraction of sp³-hybridized carbons (Fsp3) is 0.500. The second-order valence-electron chi connectivity index (χ2n) is 4.33. The minimum atomic E-state index is -0.729. The van der Waals surface area contributed by atoms with Crippen molar-refractivity contribution in [2.45, 2.75) is 31.5 Å². The molecule has 2 rings (SSSR count). The summed E-state index contributed by atoms with van der Waals surface area (Å²) in [7, 11) is 0. The van der Waals surface area contributed by atoms with Crippen molar-refractivity contribution >= 4 is 11.6 Å². The fourth-order valence-corrected chi connectivity index (χ4v) is 2.58. The van der Waals surface area contributed by atoms with E-state index in [1.807, 2.05) is 31.2 Å². The first-order valence-corrected chi connectivity index (χ1v) is 5.64. The Kier molecular flexibility index (Phi) is 2.98. The SMILES string of the molecule is CC1(c2ccccc2Cl)CC(F)CCN1. The Morgan fingerprint density at radius 2 is 2.20 bits per heavy atom. The molecule has 0 aromatic heterocycles. The summed E-state index contributed by atoms with van der Waals surface area (Å²) in [5.41, 5.74) is 0.671. The van der Waals surface area contributed by atoms with E-state index in [9.17, 15) is 4.39 Å². The smallest absolute Gasteiger partial charge is 0.103 e. The molecule has 0 aliphatic carbocycles. The summed E-state index contributed by atoms with van der Waals surface area (Å²) < 4.78 is 13.4. The third-order valence-corrected chi connectivity index (χ3v) is 3.40. The number of piperidine rings is 1. The molecule has 1 N–H and O–H groups in total. The Morgan fingerprint density at radius 3 is 2.87 bits per heavy atom. The van der Waals surface area contributed by atoms with Crippen molar-refractivity contribution in [2.75, 3.05) is 6.54 Å². The lowest BCUT2D eigenvalue weighted by Crippen LogP contribution is -2.47. The molecule has 2 unspecified atom stereocenters. The molecule has 0 radical (unpaired) electrons. The number of alkyl halides is 1. The van der Waals surface area contributed by atoms with Crippen LogP contribution >= 0.6 is 11.6 Å². The van der Waals surface area contributed by atoms with E-state index in [-0.39, 0.29) is 5.54 Å². The number of benzene rings is 1. The monoisotopic (exact) mass is 227 g/mol. The quantitative estimate of drug-likeness (QED) is 0.777. The molecular weight excluding hydrogens is 213 g/mol. The Hall–Kier alpha value is -0.600. The lowest BCUT2D eigenvalue weighted by Gasteiger charge is -2.37. The zero-order valence-electron chi connectivity index (χ0n) is 8.76. The minimum Gasteiger partial charge on any atom is -0.307 e. The molecule has 1 fully saturated rings. The largest absolute Gasteiger partial charge is 0.307 e. The molecule has 1 aliphatic heterocycles. The van der Waals surface area contributed by atoms with Crippen molar-refractivity contribution in [2.24, 2.45) is 0 Å². The number of hydrogen-bond donors (Lipinski definition) is 1. The minimum absolute atomic E-state index is 0.323. The van der Waals surface area contributed by atoms with Gasteiger partial charge in [-0.2, -0.15) is 0 Å². The van der Waals surface area contributed by atoms with Crippen LogP contribution in [-0.2, 0) is 5.54 Å². The Morgan fingerprint density at radius 1 is 1.47 bits per heavy atom. The molecule has 0 spiro atoms. The van der Waals surface area contributed by atoms with E-state index in [0.717, 1.165) is 5.56 Å². The van der Waals surface area contributed by atoms with E-state index >= 15 is 0 Å². The molecule has 2 atom stereocenters. The standard InChI is InChI=1S/C12H15ClFN/c1-12(8-9(14)6-7-15-12)10-4-2-3-5-11(10)13/h2-5,9,15H,6-8H2,1H3. The second-order valence-corrected chi connectivity index (χ2v) is 4.74. The predicted octanol–water partition coefficient (Wildman–Crippen LogP) is 3.28. The Labute approximate surface area is 94.6 Å². The first-order valence-electron chi connectivity index (χ1n) is 5.26. The predicted molar refractivity (Wildman–Crippen MR) is 60.9 cm³/mol. The molecule has 1 aliphatic rings. The third-order valence-electron chi connectivity index (χ3n) is 3.07. The number of rotatable bonds is 1. The van der Waals surface area contributed by atoms with Crippen molar-refractivity contribution in [1.29, 1.82) is 0 Å². The van der Waals surface area contributed by atoms with Crippen LogP contribution in [0.3, 0.4) is 0 Å². The van der Waals surface area contributed by atoms with Crippen molar-refractivity contribution in [3.8, 4) is 0 Å². The van der Waals surface area contributed by atoms with Crippen LogP contribution in [0.5, 0.6) is 0 Å². The molecule has 82 valence electrons. The lowest BCUT2D eigenvalue weighted by molar-refractivity contribution is 0.165. The highest BCUT2D eigenvalue weighted by Crippen LogP contribution is 2.35. The molecule has 3 heteroatoms. The van der Waals surface area contributed by atoms with Gasteiger partial charge in [-0.3, -0.25) is 0 Å². The number of halogens is 2. The van der Waals surface area contributed by atoms with Gasteiger partial charge in [-0.15, -0.1) is 0 Å². The van der Waals surface area contributed by atoms with Gasteiger partial charge < -0.3 is 5.32 Å². The van der Waals surface area contributed by atoms with Crippen LogP contribution in [0.4, 0.5) is 4.39 Å². The molecule has 0 bridgehead atoms. The van der Waals surface area contributed by atoms with Gasteiger partial charge in [0.15, 0.2) is 0 Å². The van der Waals surface area contributed by atoms with Crippen LogP contribution in [0.2, 0.25) is 5.02 Å². The van der Waals surface area contributed by atoms with Crippen molar-refractivity contribution in [3.63, 3.8) is 0 Å². The molecule has 1 saturated heterocycles. The third kappa shape index (κ3) is 2.16. The zero-order chi connectivity index (χ0) is 10.9. The topological polar surface area (TPSA) is 12.0 Å². The molecule has 1 heterocycles. The lowest BCUT2D eigenvalue weighted by atomic mass is 9.83. The van der Waals surface area contributed by atoms with Crippen molar-refractivity contribution in [1.82, 2.24) is 5.32 Å². The summed E-state index contributed by atoms with van der Waals surface area (Å²) in [6, 6.07) is 7.65. The van der Waals surface area contributed by atoms with Crippen LogP contribution in [0, 0.1) is 0 Å². The van der Waals surface area contributed by atoms with Gasteiger partial charge in [0, 0.05) is 17.0 Å². The maximum atomic E-state index is 13.4. The molecule has 0 amide bonds. The molecule has 1 aromatic rings. The average molecular weight is 228 g/mol. The van der Waals surface area contributed by atoms with Gasteiger partial charge in [0.05, 0.1) is 0 Å². The van der Waals surface area contributed by atoms with Crippen LogP contribution in [0.15, 0.2) is 24.3 Å². The van der Waals surface area contributed by atoms with E-state index < -0.39 is 6.17 Å². The van der Waals surface area contributed by atoms with Crippen molar-refractivity contribution in [3.05, 3.63) is 34.9 Å². The van der Waals surface area contributed by atoms with Gasteiger partial charge in [-0.25, -0.2) is 4.39 Å². The van der Waals surface area contributed by atoms with E-state index in [1.165, 1.54) is 0 Å². The first-order chi connectivity index (χ1) is 7.12. The van der Waals surface area contributed by atoms with Gasteiger partial charge >= 0.3 is 0 Å². The highest BCUT2D eigenvalue weighted by molar-refractivity contribution is 6.31. The van der Waals surface area contributed by atoms with Crippen LogP contribution in [-0.4, -0.2) is 12.7 Å². The summed E-state index contributed by atoms with van der Waals surface area (Å²) in [6.07, 6.45) is 0.365. The zero-order valence-corrected chi connectivity index (χ0v) is 9.52. The fourth-order valence-electron chi connectivity index (χ4n) is 2.24. The van der Waals surface area contributed by atoms with Gasteiger partial charge in [-0.05, 0) is 31.5 Å². The Bertz CT molecular complexity index is 355. The molecular formula is C12H15ClFN. The van der Waals surface area contributed by atoms with Gasteiger partial charge in [0.1, 0.15) is 6.17 Å². The summed E-state index contributed by atoms with van der Waals surface area (Å²) in [6.45, 7) is 2.73. The highest BCUT2D eigenvalue weighted by Gasteiger charge is 2.34. The van der Waals surface area contributed by atoms with E-state index in [0.29, 0.717) is 24.4 Å². The van der Waals surface area contributed by atoms with E-state index in [4.69, 9.17) is 11.6 Å².